The summed E-state index contributed by atoms with van der Waals surface area (Å²) in [7, 11) is 4.13. The summed E-state index contributed by atoms with van der Waals surface area (Å²) >= 11 is 0. The molecule has 0 radical (unpaired) electrons. The first-order chi connectivity index (χ1) is 9.65. The molecule has 20 heavy (non-hydrogen) atoms. The lowest BCUT2D eigenvalue weighted by Crippen LogP contribution is -2.30. The Hall–Kier alpha value is -1.71. The van der Waals surface area contributed by atoms with Crippen LogP contribution in [0.4, 0.5) is 4.39 Å². The van der Waals surface area contributed by atoms with Crippen molar-refractivity contribution in [2.75, 3.05) is 20.6 Å². The number of nitrogens with zero attached hydrogens (tertiary/aromatic N) is 1. The van der Waals surface area contributed by atoms with Gasteiger partial charge in [-0.05, 0) is 37.4 Å². The molecule has 0 aromatic heterocycles. The largest absolute Gasteiger partial charge is 0.308 e. The molecular formula is C17H21FN2. The average molecular weight is 272 g/mol. The molecule has 0 amide bonds. The molecule has 2 rings (SSSR count). The summed E-state index contributed by atoms with van der Waals surface area (Å²) in [5.74, 6) is -0.193. The molecule has 0 saturated heterocycles. The van der Waals surface area contributed by atoms with Gasteiger partial charge in [0, 0.05) is 19.1 Å². The van der Waals surface area contributed by atoms with E-state index in [1.165, 1.54) is 17.7 Å². The van der Waals surface area contributed by atoms with Crippen molar-refractivity contribution in [3.8, 4) is 0 Å². The average Bonchev–Trinajstić information content (AvgIpc) is 2.46. The van der Waals surface area contributed by atoms with Gasteiger partial charge in [0.05, 0.1) is 0 Å². The van der Waals surface area contributed by atoms with Gasteiger partial charge in [0.25, 0.3) is 0 Å². The Kier molecular flexibility index (Phi) is 5.27. The van der Waals surface area contributed by atoms with Crippen LogP contribution in [0.2, 0.25) is 0 Å². The second kappa shape index (κ2) is 7.17. The fourth-order valence-corrected chi connectivity index (χ4v) is 2.18. The van der Waals surface area contributed by atoms with Gasteiger partial charge in [-0.2, -0.15) is 0 Å². The van der Waals surface area contributed by atoms with Gasteiger partial charge < -0.3 is 10.2 Å². The van der Waals surface area contributed by atoms with Gasteiger partial charge in [0.15, 0.2) is 0 Å². The summed E-state index contributed by atoms with van der Waals surface area (Å²) < 4.78 is 12.9. The van der Waals surface area contributed by atoms with Gasteiger partial charge in [-0.25, -0.2) is 4.39 Å². The minimum Gasteiger partial charge on any atom is -0.308 e. The van der Waals surface area contributed by atoms with Crippen LogP contribution in [0.1, 0.15) is 17.2 Å². The van der Waals surface area contributed by atoms with Crippen molar-refractivity contribution in [3.63, 3.8) is 0 Å². The maximum absolute atomic E-state index is 12.9. The topological polar surface area (TPSA) is 15.3 Å². The van der Waals surface area contributed by atoms with Crippen LogP contribution in [-0.4, -0.2) is 25.5 Å². The summed E-state index contributed by atoms with van der Waals surface area (Å²) in [5, 5.41) is 3.54. The number of hydrogen-bond donors (Lipinski definition) is 1. The molecule has 3 heteroatoms. The fraction of sp³-hybridized carbons (Fsp3) is 0.294. The van der Waals surface area contributed by atoms with E-state index in [2.05, 4.69) is 48.6 Å². The Morgan fingerprint density at radius 3 is 2.25 bits per heavy atom. The van der Waals surface area contributed by atoms with E-state index < -0.39 is 0 Å². The maximum atomic E-state index is 12.9. The van der Waals surface area contributed by atoms with E-state index in [0.29, 0.717) is 0 Å². The van der Waals surface area contributed by atoms with E-state index in [9.17, 15) is 4.39 Å². The Bertz CT molecular complexity index is 508. The Labute approximate surface area is 120 Å². The summed E-state index contributed by atoms with van der Waals surface area (Å²) in [5.41, 5.74) is 2.36. The smallest absolute Gasteiger partial charge is 0.123 e. The maximum Gasteiger partial charge on any atom is 0.123 e. The highest BCUT2D eigenvalue weighted by atomic mass is 19.1. The Morgan fingerprint density at radius 1 is 1.00 bits per heavy atom. The van der Waals surface area contributed by atoms with Crippen LogP contribution in [0.3, 0.4) is 0 Å². The molecular weight excluding hydrogens is 251 g/mol. The highest BCUT2D eigenvalue weighted by molar-refractivity contribution is 5.20. The first-order valence-electron chi connectivity index (χ1n) is 6.82. The molecule has 0 fully saturated rings. The van der Waals surface area contributed by atoms with Crippen LogP contribution < -0.4 is 5.32 Å². The lowest BCUT2D eigenvalue weighted by molar-refractivity contribution is 0.340. The molecule has 0 aliphatic carbocycles. The number of rotatable bonds is 6. The number of benzene rings is 2. The predicted octanol–water partition coefficient (Wildman–Crippen LogP) is 3.22. The van der Waals surface area contributed by atoms with E-state index in [1.54, 1.807) is 0 Å². The Balaban J connectivity index is 2.03. The molecule has 2 nitrogen and oxygen atoms in total. The molecule has 1 N–H and O–H groups in total. The van der Waals surface area contributed by atoms with Gasteiger partial charge >= 0.3 is 0 Å². The molecule has 0 heterocycles. The second-order valence-corrected chi connectivity index (χ2v) is 5.23. The summed E-state index contributed by atoms with van der Waals surface area (Å²) in [6.07, 6.45) is 0. The van der Waals surface area contributed by atoms with Gasteiger partial charge in [0.2, 0.25) is 0 Å². The van der Waals surface area contributed by atoms with Crippen molar-refractivity contribution in [1.29, 1.82) is 0 Å². The third-order valence-corrected chi connectivity index (χ3v) is 3.22. The van der Waals surface area contributed by atoms with Crippen LogP contribution in [0.15, 0.2) is 54.6 Å². The molecule has 106 valence electrons. The fourth-order valence-electron chi connectivity index (χ4n) is 2.18. The number of likely N-dealkylation sites (N-methyl/N-ethyl adjacent to an activating group) is 1. The van der Waals surface area contributed by atoms with E-state index in [0.717, 1.165) is 18.7 Å². The normalized spacial score (nSPS) is 12.6. The van der Waals surface area contributed by atoms with Crippen molar-refractivity contribution < 1.29 is 4.39 Å². The first kappa shape index (κ1) is 14.7. The van der Waals surface area contributed by atoms with Crippen molar-refractivity contribution in [1.82, 2.24) is 10.2 Å². The van der Waals surface area contributed by atoms with Crippen molar-refractivity contribution >= 4 is 0 Å². The lowest BCUT2D eigenvalue weighted by Gasteiger charge is -2.23. The van der Waals surface area contributed by atoms with E-state index in [-0.39, 0.29) is 11.9 Å². The van der Waals surface area contributed by atoms with E-state index >= 15 is 0 Å². The van der Waals surface area contributed by atoms with Crippen molar-refractivity contribution in [2.45, 2.75) is 12.6 Å². The summed E-state index contributed by atoms with van der Waals surface area (Å²) in [6.45, 7) is 1.65. The third-order valence-electron chi connectivity index (χ3n) is 3.22. The zero-order valence-corrected chi connectivity index (χ0v) is 12.0. The number of halogens is 1. The van der Waals surface area contributed by atoms with Crippen molar-refractivity contribution in [3.05, 3.63) is 71.5 Å². The summed E-state index contributed by atoms with van der Waals surface area (Å²) in [6, 6.07) is 17.3. The summed E-state index contributed by atoms with van der Waals surface area (Å²) in [4.78, 5) is 2.16. The quantitative estimate of drug-likeness (QED) is 0.868. The molecule has 2 aromatic rings. The molecule has 0 bridgehead atoms. The molecule has 2 aromatic carbocycles. The van der Waals surface area contributed by atoms with Crippen LogP contribution in [0.25, 0.3) is 0 Å². The highest BCUT2D eigenvalue weighted by Crippen LogP contribution is 2.14. The minimum atomic E-state index is -0.193. The SMILES string of the molecule is CN(C)CC(NCc1ccc(F)cc1)c1ccccc1. The highest BCUT2D eigenvalue weighted by Gasteiger charge is 2.11. The van der Waals surface area contributed by atoms with Crippen LogP contribution in [-0.2, 0) is 6.54 Å². The van der Waals surface area contributed by atoms with Crippen LogP contribution >= 0.6 is 0 Å². The first-order valence-corrected chi connectivity index (χ1v) is 6.82. The molecule has 0 aliphatic heterocycles. The minimum absolute atomic E-state index is 0.193. The van der Waals surface area contributed by atoms with E-state index in [1.807, 2.05) is 18.2 Å². The van der Waals surface area contributed by atoms with E-state index in [4.69, 9.17) is 0 Å². The number of nitrogens with one attached hydrogen (secondary N) is 1. The number of hydrogen-bond acceptors (Lipinski definition) is 2. The van der Waals surface area contributed by atoms with Crippen LogP contribution in [0, 0.1) is 5.82 Å². The van der Waals surface area contributed by atoms with Gasteiger partial charge in [0.1, 0.15) is 5.82 Å². The van der Waals surface area contributed by atoms with Gasteiger partial charge in [-0.3, -0.25) is 0 Å². The van der Waals surface area contributed by atoms with Crippen LogP contribution in [0.5, 0.6) is 0 Å². The molecule has 0 spiro atoms. The monoisotopic (exact) mass is 272 g/mol. The van der Waals surface area contributed by atoms with Crippen molar-refractivity contribution in [2.24, 2.45) is 0 Å². The molecule has 1 unspecified atom stereocenters. The van der Waals surface area contributed by atoms with Gasteiger partial charge in [-0.15, -0.1) is 0 Å². The second-order valence-electron chi connectivity index (χ2n) is 5.23. The lowest BCUT2D eigenvalue weighted by atomic mass is 10.1. The Morgan fingerprint density at radius 2 is 1.65 bits per heavy atom. The zero-order valence-electron chi connectivity index (χ0n) is 12.0. The molecule has 0 aliphatic rings. The third kappa shape index (κ3) is 4.44. The zero-order chi connectivity index (χ0) is 14.4. The van der Waals surface area contributed by atoms with Gasteiger partial charge in [-0.1, -0.05) is 42.5 Å². The standard InChI is InChI=1S/C17H21FN2/c1-20(2)13-17(15-6-4-3-5-7-15)19-12-14-8-10-16(18)11-9-14/h3-11,17,19H,12-13H2,1-2H3. The predicted molar refractivity (Wildman–Crippen MR) is 81.0 cm³/mol. The molecule has 1 atom stereocenters. The molecule has 0 saturated carbocycles.